The molecule has 0 radical (unpaired) electrons. The number of alkyl halides is 1. The normalized spacial score (nSPS) is 11.3. The maximum Gasteiger partial charge on any atom is 0.203 e. The summed E-state index contributed by atoms with van der Waals surface area (Å²) in [6.07, 6.45) is 6.97. The lowest BCUT2D eigenvalue weighted by Crippen LogP contribution is -2.02. The third kappa shape index (κ3) is 4.54. The molecule has 1 aromatic heterocycles. The monoisotopic (exact) mass is 327 g/mol. The molecular formula is C18H18ClN3O. The van der Waals surface area contributed by atoms with E-state index in [9.17, 15) is 10.1 Å². The average molecular weight is 328 g/mol. The smallest absolute Gasteiger partial charge is 0.203 e. The summed E-state index contributed by atoms with van der Waals surface area (Å²) in [5.74, 6) is 0.180. The lowest BCUT2D eigenvalue weighted by molar-refractivity contribution is 0.104. The predicted molar refractivity (Wildman–Crippen MR) is 91.3 cm³/mol. The van der Waals surface area contributed by atoms with Crippen LogP contribution in [0.15, 0.2) is 42.2 Å². The number of hydrogen-bond acceptors (Lipinski definition) is 3. The van der Waals surface area contributed by atoms with Crippen molar-refractivity contribution in [2.45, 2.75) is 26.3 Å². The molecule has 5 heteroatoms. The number of halogens is 1. The van der Waals surface area contributed by atoms with Crippen LogP contribution in [0.25, 0.3) is 6.08 Å². The zero-order chi connectivity index (χ0) is 16.7. The van der Waals surface area contributed by atoms with Crippen LogP contribution in [-0.4, -0.2) is 21.4 Å². The summed E-state index contributed by atoms with van der Waals surface area (Å²) in [6, 6.07) is 9.39. The molecule has 0 N–H and O–H groups in total. The number of aromatic nitrogens is 2. The Labute approximate surface area is 141 Å². The van der Waals surface area contributed by atoms with Gasteiger partial charge in [-0.15, -0.1) is 11.6 Å². The third-order valence-electron chi connectivity index (χ3n) is 3.40. The van der Waals surface area contributed by atoms with E-state index in [1.54, 1.807) is 35.3 Å². The number of ketones is 1. The first kappa shape index (κ1) is 17.0. The molecule has 0 unspecified atom stereocenters. The van der Waals surface area contributed by atoms with Crippen LogP contribution >= 0.6 is 11.6 Å². The number of carbonyl (C=O) groups excluding carboxylic acids is 1. The summed E-state index contributed by atoms with van der Waals surface area (Å²) in [5.41, 5.74) is 2.51. The SMILES string of the molecule is CCCc1ccc(C(=O)/C(C#N)=C\c2cnn(CCCl)c2)cc1. The van der Waals surface area contributed by atoms with E-state index in [1.807, 2.05) is 18.2 Å². The van der Waals surface area contributed by atoms with E-state index in [0.29, 0.717) is 23.6 Å². The fourth-order valence-corrected chi connectivity index (χ4v) is 2.42. The summed E-state index contributed by atoms with van der Waals surface area (Å²) in [7, 11) is 0. The highest BCUT2D eigenvalue weighted by molar-refractivity contribution is 6.17. The van der Waals surface area contributed by atoms with E-state index >= 15 is 0 Å². The first-order valence-electron chi connectivity index (χ1n) is 7.51. The predicted octanol–water partition coefficient (Wildman–Crippen LogP) is 3.86. The number of carbonyl (C=O) groups is 1. The molecule has 2 rings (SSSR count). The van der Waals surface area contributed by atoms with E-state index in [4.69, 9.17) is 11.6 Å². The molecule has 0 bridgehead atoms. The molecule has 0 fully saturated rings. The van der Waals surface area contributed by atoms with Gasteiger partial charge in [-0.05, 0) is 18.1 Å². The Morgan fingerprint density at radius 1 is 1.39 bits per heavy atom. The number of nitrogens with zero attached hydrogens (tertiary/aromatic N) is 3. The van der Waals surface area contributed by atoms with E-state index < -0.39 is 0 Å². The topological polar surface area (TPSA) is 58.7 Å². The van der Waals surface area contributed by atoms with E-state index in [2.05, 4.69) is 12.0 Å². The van der Waals surface area contributed by atoms with Gasteiger partial charge in [0, 0.05) is 23.2 Å². The molecule has 0 saturated carbocycles. The molecule has 0 spiro atoms. The van der Waals surface area contributed by atoms with Gasteiger partial charge in [0.1, 0.15) is 11.6 Å². The molecule has 0 amide bonds. The third-order valence-corrected chi connectivity index (χ3v) is 3.57. The molecule has 118 valence electrons. The first-order valence-corrected chi connectivity index (χ1v) is 8.05. The molecule has 0 atom stereocenters. The largest absolute Gasteiger partial charge is 0.288 e. The second-order valence-corrected chi connectivity index (χ2v) is 5.55. The molecule has 4 nitrogen and oxygen atoms in total. The summed E-state index contributed by atoms with van der Waals surface area (Å²) >= 11 is 5.66. The maximum absolute atomic E-state index is 12.4. The van der Waals surface area contributed by atoms with Gasteiger partial charge in [-0.25, -0.2) is 0 Å². The fraction of sp³-hybridized carbons (Fsp3) is 0.278. The van der Waals surface area contributed by atoms with Crippen molar-refractivity contribution < 1.29 is 4.79 Å². The quantitative estimate of drug-likeness (QED) is 0.336. The average Bonchev–Trinajstić information content (AvgIpc) is 3.01. The van der Waals surface area contributed by atoms with Crippen molar-refractivity contribution >= 4 is 23.5 Å². The summed E-state index contributed by atoms with van der Waals surface area (Å²) in [5, 5.41) is 13.4. The van der Waals surface area contributed by atoms with Crippen molar-refractivity contribution in [3.05, 3.63) is 58.9 Å². The van der Waals surface area contributed by atoms with Gasteiger partial charge in [-0.1, -0.05) is 37.6 Å². The molecule has 0 aliphatic carbocycles. The minimum absolute atomic E-state index is 0.0960. The Balaban J connectivity index is 2.20. The first-order chi connectivity index (χ1) is 11.2. The van der Waals surface area contributed by atoms with E-state index in [1.165, 1.54) is 5.56 Å². The van der Waals surface area contributed by atoms with Crippen molar-refractivity contribution in [3.63, 3.8) is 0 Å². The number of aryl methyl sites for hydroxylation is 2. The van der Waals surface area contributed by atoms with E-state index in [-0.39, 0.29) is 11.4 Å². The Bertz CT molecular complexity index is 738. The number of Topliss-reactive ketones (excluding diaryl/α,β-unsaturated/α-hetero) is 1. The van der Waals surface area contributed by atoms with Gasteiger partial charge in [0.2, 0.25) is 5.78 Å². The van der Waals surface area contributed by atoms with Gasteiger partial charge < -0.3 is 0 Å². The lowest BCUT2D eigenvalue weighted by Gasteiger charge is -2.02. The highest BCUT2D eigenvalue weighted by Gasteiger charge is 2.12. The molecule has 0 saturated heterocycles. The van der Waals surface area contributed by atoms with Crippen LogP contribution < -0.4 is 0 Å². The van der Waals surface area contributed by atoms with Crippen LogP contribution in [0.5, 0.6) is 0 Å². The van der Waals surface area contributed by atoms with Gasteiger partial charge in [0.15, 0.2) is 0 Å². The lowest BCUT2D eigenvalue weighted by atomic mass is 10.0. The highest BCUT2D eigenvalue weighted by atomic mass is 35.5. The minimum Gasteiger partial charge on any atom is -0.288 e. The van der Waals surface area contributed by atoms with Crippen LogP contribution in [0.4, 0.5) is 0 Å². The number of rotatable bonds is 7. The van der Waals surface area contributed by atoms with Crippen LogP contribution in [0.1, 0.15) is 34.8 Å². The highest BCUT2D eigenvalue weighted by Crippen LogP contribution is 2.14. The summed E-state index contributed by atoms with van der Waals surface area (Å²) < 4.78 is 1.68. The van der Waals surface area contributed by atoms with Crippen molar-refractivity contribution in [2.75, 3.05) is 5.88 Å². The maximum atomic E-state index is 12.4. The Morgan fingerprint density at radius 3 is 2.74 bits per heavy atom. The second-order valence-electron chi connectivity index (χ2n) is 5.17. The Morgan fingerprint density at radius 2 is 2.13 bits per heavy atom. The number of hydrogen-bond donors (Lipinski definition) is 0. The molecular weight excluding hydrogens is 310 g/mol. The second kappa shape index (κ2) is 8.30. The van der Waals surface area contributed by atoms with Crippen LogP contribution in [-0.2, 0) is 13.0 Å². The molecule has 23 heavy (non-hydrogen) atoms. The van der Waals surface area contributed by atoms with E-state index in [0.717, 1.165) is 12.8 Å². The summed E-state index contributed by atoms with van der Waals surface area (Å²) in [6.45, 7) is 2.70. The minimum atomic E-state index is -0.277. The van der Waals surface area contributed by atoms with Crippen molar-refractivity contribution in [2.24, 2.45) is 0 Å². The Hall–Kier alpha value is -2.38. The van der Waals surface area contributed by atoms with Crippen LogP contribution in [0.3, 0.4) is 0 Å². The number of nitriles is 1. The molecule has 1 aromatic carbocycles. The molecule has 0 aliphatic heterocycles. The molecule has 1 heterocycles. The van der Waals surface area contributed by atoms with Gasteiger partial charge >= 0.3 is 0 Å². The van der Waals surface area contributed by atoms with Gasteiger partial charge in [-0.3, -0.25) is 9.48 Å². The van der Waals surface area contributed by atoms with Crippen LogP contribution in [0, 0.1) is 11.3 Å². The Kier molecular flexibility index (Phi) is 6.13. The van der Waals surface area contributed by atoms with Crippen molar-refractivity contribution in [3.8, 4) is 6.07 Å². The van der Waals surface area contributed by atoms with Crippen LogP contribution in [0.2, 0.25) is 0 Å². The molecule has 0 aliphatic rings. The molecule has 2 aromatic rings. The zero-order valence-corrected chi connectivity index (χ0v) is 13.8. The number of benzene rings is 1. The fourth-order valence-electron chi connectivity index (χ4n) is 2.25. The van der Waals surface area contributed by atoms with Gasteiger partial charge in [-0.2, -0.15) is 10.4 Å². The van der Waals surface area contributed by atoms with Crippen molar-refractivity contribution in [1.82, 2.24) is 9.78 Å². The van der Waals surface area contributed by atoms with Gasteiger partial charge in [0.25, 0.3) is 0 Å². The zero-order valence-electron chi connectivity index (χ0n) is 13.0. The standard InChI is InChI=1S/C18H18ClN3O/c1-2-3-14-4-6-16(7-5-14)18(23)17(11-20)10-15-12-21-22(13-15)9-8-19/h4-7,10,12-13H,2-3,8-9H2,1H3/b17-10-. The number of allylic oxidation sites excluding steroid dienone is 1. The summed E-state index contributed by atoms with van der Waals surface area (Å²) in [4.78, 5) is 12.4. The van der Waals surface area contributed by atoms with Crippen molar-refractivity contribution in [1.29, 1.82) is 5.26 Å². The van der Waals surface area contributed by atoms with Gasteiger partial charge in [0.05, 0.1) is 12.7 Å².